The van der Waals surface area contributed by atoms with E-state index in [1.165, 1.54) is 0 Å². The number of halogens is 2. The zero-order chi connectivity index (χ0) is 13.8. The number of benzene rings is 2. The number of hydrogen-bond donors (Lipinski definition) is 1. The molecule has 2 aromatic carbocycles. The van der Waals surface area contributed by atoms with Crippen molar-refractivity contribution in [2.45, 2.75) is 6.61 Å². The highest BCUT2D eigenvalue weighted by molar-refractivity contribution is 9.10. The Balaban J connectivity index is 2.05. The van der Waals surface area contributed by atoms with Crippen LogP contribution in [0.5, 0.6) is 0 Å². The molecule has 98 valence electrons. The van der Waals surface area contributed by atoms with Crippen LogP contribution in [0.4, 0.5) is 5.69 Å². The fourth-order valence-electron chi connectivity index (χ4n) is 1.50. The van der Waals surface area contributed by atoms with Crippen LogP contribution in [0.2, 0.25) is 5.02 Å². The molecule has 0 fully saturated rings. The molecule has 0 aromatic heterocycles. The third-order valence-corrected chi connectivity index (χ3v) is 3.61. The molecule has 2 N–H and O–H groups in total. The SMILES string of the molecule is Nc1ccc(C(=O)OCc2ccccc2Cl)cc1Br. The molecular weight excluding hydrogens is 330 g/mol. The predicted molar refractivity (Wildman–Crippen MR) is 79.1 cm³/mol. The molecule has 0 aliphatic heterocycles. The molecule has 5 heteroatoms. The van der Waals surface area contributed by atoms with Gasteiger partial charge in [-0.05, 0) is 40.2 Å². The maximum absolute atomic E-state index is 11.9. The highest BCUT2D eigenvalue weighted by atomic mass is 79.9. The van der Waals surface area contributed by atoms with Gasteiger partial charge in [0.15, 0.2) is 0 Å². The Morgan fingerprint density at radius 1 is 1.26 bits per heavy atom. The van der Waals surface area contributed by atoms with Crippen LogP contribution in [-0.2, 0) is 11.3 Å². The number of carbonyl (C=O) groups excluding carboxylic acids is 1. The van der Waals surface area contributed by atoms with Gasteiger partial charge in [-0.2, -0.15) is 0 Å². The molecule has 0 aliphatic rings. The Kier molecular flexibility index (Phi) is 4.45. The smallest absolute Gasteiger partial charge is 0.338 e. The largest absolute Gasteiger partial charge is 0.457 e. The molecule has 2 rings (SSSR count). The summed E-state index contributed by atoms with van der Waals surface area (Å²) < 4.78 is 5.87. The monoisotopic (exact) mass is 339 g/mol. The zero-order valence-electron chi connectivity index (χ0n) is 9.90. The molecule has 0 saturated carbocycles. The molecule has 0 atom stereocenters. The molecule has 0 amide bonds. The second kappa shape index (κ2) is 6.08. The third-order valence-electron chi connectivity index (χ3n) is 2.55. The summed E-state index contributed by atoms with van der Waals surface area (Å²) >= 11 is 9.25. The maximum Gasteiger partial charge on any atom is 0.338 e. The highest BCUT2D eigenvalue weighted by Crippen LogP contribution is 2.21. The summed E-state index contributed by atoms with van der Waals surface area (Å²) in [5, 5.41) is 0.578. The van der Waals surface area contributed by atoms with E-state index in [4.69, 9.17) is 22.1 Å². The number of esters is 1. The number of rotatable bonds is 3. The number of hydrogen-bond acceptors (Lipinski definition) is 3. The van der Waals surface area contributed by atoms with Crippen LogP contribution in [0.15, 0.2) is 46.9 Å². The summed E-state index contributed by atoms with van der Waals surface area (Å²) in [6.07, 6.45) is 0. The lowest BCUT2D eigenvalue weighted by Crippen LogP contribution is -2.06. The lowest BCUT2D eigenvalue weighted by atomic mass is 10.2. The molecule has 0 unspecified atom stereocenters. The van der Waals surface area contributed by atoms with Crippen molar-refractivity contribution in [2.75, 3.05) is 5.73 Å². The Bertz CT molecular complexity index is 616. The van der Waals surface area contributed by atoms with E-state index in [9.17, 15) is 4.79 Å². The first kappa shape index (κ1) is 13.9. The van der Waals surface area contributed by atoms with Crippen molar-refractivity contribution in [3.63, 3.8) is 0 Å². The van der Waals surface area contributed by atoms with E-state index >= 15 is 0 Å². The minimum absolute atomic E-state index is 0.139. The maximum atomic E-state index is 11.9. The molecule has 0 radical (unpaired) electrons. The molecule has 0 aliphatic carbocycles. The first-order valence-corrected chi connectivity index (χ1v) is 6.70. The fourth-order valence-corrected chi connectivity index (χ4v) is 2.07. The summed E-state index contributed by atoms with van der Waals surface area (Å²) in [6.45, 7) is 0.139. The average Bonchev–Trinajstić information content (AvgIpc) is 2.40. The van der Waals surface area contributed by atoms with Gasteiger partial charge in [0.25, 0.3) is 0 Å². The summed E-state index contributed by atoms with van der Waals surface area (Å²) in [5.74, 6) is -0.416. The van der Waals surface area contributed by atoms with Crippen molar-refractivity contribution in [1.29, 1.82) is 0 Å². The van der Waals surface area contributed by atoms with Crippen molar-refractivity contribution >= 4 is 39.2 Å². The summed E-state index contributed by atoms with van der Waals surface area (Å²) in [4.78, 5) is 11.9. The van der Waals surface area contributed by atoms with E-state index in [2.05, 4.69) is 15.9 Å². The zero-order valence-corrected chi connectivity index (χ0v) is 12.2. The van der Waals surface area contributed by atoms with Crippen LogP contribution < -0.4 is 5.73 Å². The van der Waals surface area contributed by atoms with E-state index in [1.807, 2.05) is 18.2 Å². The molecule has 0 spiro atoms. The molecular formula is C14H11BrClNO2. The van der Waals surface area contributed by atoms with Crippen LogP contribution in [0, 0.1) is 0 Å². The van der Waals surface area contributed by atoms with Gasteiger partial charge in [-0.25, -0.2) is 4.79 Å². The van der Waals surface area contributed by atoms with Crippen molar-refractivity contribution in [2.24, 2.45) is 0 Å². The van der Waals surface area contributed by atoms with Gasteiger partial charge < -0.3 is 10.5 Å². The fraction of sp³-hybridized carbons (Fsp3) is 0.0714. The average molecular weight is 341 g/mol. The van der Waals surface area contributed by atoms with Crippen molar-refractivity contribution in [1.82, 2.24) is 0 Å². The van der Waals surface area contributed by atoms with Gasteiger partial charge in [0.2, 0.25) is 0 Å². The molecule has 0 saturated heterocycles. The second-order valence-electron chi connectivity index (χ2n) is 3.90. The highest BCUT2D eigenvalue weighted by Gasteiger charge is 2.10. The quantitative estimate of drug-likeness (QED) is 0.677. The second-order valence-corrected chi connectivity index (χ2v) is 5.17. The lowest BCUT2D eigenvalue weighted by Gasteiger charge is -2.07. The van der Waals surface area contributed by atoms with E-state index in [0.29, 0.717) is 20.7 Å². The Labute approximate surface area is 124 Å². The van der Waals surface area contributed by atoms with Crippen LogP contribution >= 0.6 is 27.5 Å². The standard InChI is InChI=1S/C14H11BrClNO2/c15-11-7-9(5-6-13(11)17)14(18)19-8-10-3-1-2-4-12(10)16/h1-7H,8,17H2. The van der Waals surface area contributed by atoms with Gasteiger partial charge >= 0.3 is 5.97 Å². The topological polar surface area (TPSA) is 52.3 Å². The number of nitrogens with two attached hydrogens (primary N) is 1. The minimum atomic E-state index is -0.416. The van der Waals surface area contributed by atoms with Crippen molar-refractivity contribution in [3.05, 3.63) is 63.1 Å². The molecule has 2 aromatic rings. The summed E-state index contributed by atoms with van der Waals surface area (Å²) in [5.41, 5.74) is 7.44. The van der Waals surface area contributed by atoms with Crippen molar-refractivity contribution < 1.29 is 9.53 Å². The number of nitrogen functional groups attached to an aromatic ring is 1. The van der Waals surface area contributed by atoms with Gasteiger partial charge in [-0.3, -0.25) is 0 Å². The first-order chi connectivity index (χ1) is 9.08. The molecule has 0 bridgehead atoms. The van der Waals surface area contributed by atoms with E-state index < -0.39 is 5.97 Å². The van der Waals surface area contributed by atoms with Crippen LogP contribution in [0.3, 0.4) is 0 Å². The lowest BCUT2D eigenvalue weighted by molar-refractivity contribution is 0.0473. The Hall–Kier alpha value is -1.52. The molecule has 0 heterocycles. The van der Waals surface area contributed by atoms with Gasteiger partial charge in [0.1, 0.15) is 6.61 Å². The molecule has 19 heavy (non-hydrogen) atoms. The molecule has 3 nitrogen and oxygen atoms in total. The first-order valence-electron chi connectivity index (χ1n) is 5.53. The van der Waals surface area contributed by atoms with Crippen LogP contribution in [-0.4, -0.2) is 5.97 Å². The number of ether oxygens (including phenoxy) is 1. The summed E-state index contributed by atoms with van der Waals surface area (Å²) in [7, 11) is 0. The minimum Gasteiger partial charge on any atom is -0.457 e. The van der Waals surface area contributed by atoms with E-state index in [1.54, 1.807) is 24.3 Å². The van der Waals surface area contributed by atoms with Gasteiger partial charge in [-0.15, -0.1) is 0 Å². The summed E-state index contributed by atoms with van der Waals surface area (Å²) in [6, 6.07) is 12.1. The van der Waals surface area contributed by atoms with Crippen LogP contribution in [0.25, 0.3) is 0 Å². The van der Waals surface area contributed by atoms with Gasteiger partial charge in [-0.1, -0.05) is 29.8 Å². The van der Waals surface area contributed by atoms with Gasteiger partial charge in [0.05, 0.1) is 5.56 Å². The third kappa shape index (κ3) is 3.49. The van der Waals surface area contributed by atoms with E-state index in [-0.39, 0.29) is 6.61 Å². The normalized spacial score (nSPS) is 10.2. The van der Waals surface area contributed by atoms with E-state index in [0.717, 1.165) is 5.56 Å². The van der Waals surface area contributed by atoms with Crippen molar-refractivity contribution in [3.8, 4) is 0 Å². The number of anilines is 1. The Morgan fingerprint density at radius 2 is 2.00 bits per heavy atom. The van der Waals surface area contributed by atoms with Gasteiger partial charge in [0, 0.05) is 20.7 Å². The number of carbonyl (C=O) groups is 1. The predicted octanol–water partition coefficient (Wildman–Crippen LogP) is 4.04. The Morgan fingerprint density at radius 3 is 2.68 bits per heavy atom. The van der Waals surface area contributed by atoms with Crippen LogP contribution in [0.1, 0.15) is 15.9 Å².